The van der Waals surface area contributed by atoms with E-state index in [1.165, 1.54) is 0 Å². The highest BCUT2D eigenvalue weighted by Gasteiger charge is 2.06. The first-order valence-corrected chi connectivity index (χ1v) is 6.00. The Labute approximate surface area is 110 Å². The summed E-state index contributed by atoms with van der Waals surface area (Å²) >= 11 is 6.02. The monoisotopic (exact) mass is 261 g/mol. The van der Waals surface area contributed by atoms with Gasteiger partial charge in [0.05, 0.1) is 29.0 Å². The van der Waals surface area contributed by atoms with E-state index in [2.05, 4.69) is 12.0 Å². The maximum absolute atomic E-state index is 8.74. The van der Waals surface area contributed by atoms with Gasteiger partial charge in [0.2, 0.25) is 0 Å². The molecule has 0 radical (unpaired) electrons. The Morgan fingerprint density at radius 3 is 3.00 bits per heavy atom. The minimum absolute atomic E-state index is 0.414. The fourth-order valence-electron chi connectivity index (χ4n) is 1.53. The third-order valence-electron chi connectivity index (χ3n) is 2.35. The number of benzene rings is 1. The molecule has 0 aliphatic heterocycles. The first kappa shape index (κ1) is 12.5. The molecule has 18 heavy (non-hydrogen) atoms. The van der Waals surface area contributed by atoms with Crippen LogP contribution in [0.1, 0.15) is 18.9 Å². The second-order valence-corrected chi connectivity index (χ2v) is 4.21. The van der Waals surface area contributed by atoms with Gasteiger partial charge in [-0.1, -0.05) is 18.5 Å². The highest BCUT2D eigenvalue weighted by molar-refractivity contribution is 6.32. The highest BCUT2D eigenvalue weighted by atomic mass is 35.5. The normalized spacial score (nSPS) is 10.1. The SMILES string of the molecule is CCCn1cc(Oc2ccc(C#N)cc2Cl)cn1. The van der Waals surface area contributed by atoms with E-state index in [4.69, 9.17) is 21.6 Å². The maximum Gasteiger partial charge on any atom is 0.165 e. The topological polar surface area (TPSA) is 50.8 Å². The molecule has 0 saturated heterocycles. The van der Waals surface area contributed by atoms with Gasteiger partial charge in [-0.25, -0.2) is 0 Å². The van der Waals surface area contributed by atoms with E-state index in [1.807, 2.05) is 16.9 Å². The Bertz CT molecular complexity index is 586. The van der Waals surface area contributed by atoms with E-state index < -0.39 is 0 Å². The number of hydrogen-bond donors (Lipinski definition) is 0. The van der Waals surface area contributed by atoms with Crippen molar-refractivity contribution in [3.05, 3.63) is 41.2 Å². The molecule has 0 bridgehead atoms. The molecule has 1 heterocycles. The molecule has 1 aromatic heterocycles. The Morgan fingerprint density at radius 2 is 2.33 bits per heavy atom. The van der Waals surface area contributed by atoms with Crippen LogP contribution in [0, 0.1) is 11.3 Å². The average molecular weight is 262 g/mol. The van der Waals surface area contributed by atoms with Gasteiger partial charge in [0.1, 0.15) is 5.75 Å². The zero-order valence-corrected chi connectivity index (χ0v) is 10.7. The lowest BCUT2D eigenvalue weighted by Gasteiger charge is -2.04. The van der Waals surface area contributed by atoms with Gasteiger partial charge in [0, 0.05) is 6.54 Å². The number of nitriles is 1. The lowest BCUT2D eigenvalue weighted by molar-refractivity contribution is 0.481. The molecule has 92 valence electrons. The smallest absolute Gasteiger partial charge is 0.165 e. The number of aryl methyl sites for hydroxylation is 1. The van der Waals surface area contributed by atoms with Crippen LogP contribution in [0.15, 0.2) is 30.6 Å². The Kier molecular flexibility index (Phi) is 3.85. The highest BCUT2D eigenvalue weighted by Crippen LogP contribution is 2.29. The Balaban J connectivity index is 2.15. The van der Waals surface area contributed by atoms with Gasteiger partial charge in [0.15, 0.2) is 5.75 Å². The number of halogens is 1. The predicted octanol–water partition coefficient (Wildman–Crippen LogP) is 3.61. The second-order valence-electron chi connectivity index (χ2n) is 3.80. The fraction of sp³-hybridized carbons (Fsp3) is 0.231. The summed E-state index contributed by atoms with van der Waals surface area (Å²) in [5.74, 6) is 1.15. The minimum Gasteiger partial charge on any atom is -0.452 e. The second kappa shape index (κ2) is 5.56. The van der Waals surface area contributed by atoms with Crippen LogP contribution in [0.25, 0.3) is 0 Å². The van der Waals surface area contributed by atoms with Crippen LogP contribution in [0.4, 0.5) is 0 Å². The molecule has 0 unspecified atom stereocenters. The third kappa shape index (κ3) is 2.82. The zero-order chi connectivity index (χ0) is 13.0. The summed E-state index contributed by atoms with van der Waals surface area (Å²) < 4.78 is 7.42. The van der Waals surface area contributed by atoms with E-state index >= 15 is 0 Å². The molecular formula is C13H12ClN3O. The lowest BCUT2D eigenvalue weighted by Crippen LogP contribution is -1.95. The molecular weight excluding hydrogens is 250 g/mol. The van der Waals surface area contributed by atoms with E-state index in [9.17, 15) is 0 Å². The number of ether oxygens (including phenoxy) is 1. The molecule has 2 rings (SSSR count). The summed E-state index contributed by atoms with van der Waals surface area (Å²) in [6.07, 6.45) is 4.47. The van der Waals surface area contributed by atoms with Gasteiger partial charge in [-0.05, 0) is 24.6 Å². The van der Waals surface area contributed by atoms with Crippen molar-refractivity contribution in [2.45, 2.75) is 19.9 Å². The summed E-state index contributed by atoms with van der Waals surface area (Å²) in [7, 11) is 0. The summed E-state index contributed by atoms with van der Waals surface area (Å²) in [4.78, 5) is 0. The van der Waals surface area contributed by atoms with Crippen molar-refractivity contribution in [2.75, 3.05) is 0 Å². The van der Waals surface area contributed by atoms with Gasteiger partial charge >= 0.3 is 0 Å². The Morgan fingerprint density at radius 1 is 1.50 bits per heavy atom. The van der Waals surface area contributed by atoms with Crippen molar-refractivity contribution in [2.24, 2.45) is 0 Å². The van der Waals surface area contributed by atoms with Gasteiger partial charge < -0.3 is 4.74 Å². The first-order chi connectivity index (χ1) is 8.72. The van der Waals surface area contributed by atoms with Gasteiger partial charge in [-0.2, -0.15) is 10.4 Å². The minimum atomic E-state index is 0.414. The quantitative estimate of drug-likeness (QED) is 0.845. The largest absolute Gasteiger partial charge is 0.452 e. The number of rotatable bonds is 4. The van der Waals surface area contributed by atoms with Crippen molar-refractivity contribution >= 4 is 11.6 Å². The number of aromatic nitrogens is 2. The maximum atomic E-state index is 8.74. The number of nitrogens with zero attached hydrogens (tertiary/aromatic N) is 3. The van der Waals surface area contributed by atoms with Gasteiger partial charge in [0.25, 0.3) is 0 Å². The molecule has 0 spiro atoms. The van der Waals surface area contributed by atoms with Crippen molar-refractivity contribution in [3.63, 3.8) is 0 Å². The van der Waals surface area contributed by atoms with Crippen molar-refractivity contribution in [3.8, 4) is 17.6 Å². The summed E-state index contributed by atoms with van der Waals surface area (Å²) in [6, 6.07) is 6.94. The van der Waals surface area contributed by atoms with Crippen molar-refractivity contribution in [1.29, 1.82) is 5.26 Å². The molecule has 5 heteroatoms. The Hall–Kier alpha value is -1.99. The molecule has 0 aliphatic carbocycles. The van der Waals surface area contributed by atoms with Crippen LogP contribution in [0.2, 0.25) is 5.02 Å². The first-order valence-electron chi connectivity index (χ1n) is 5.63. The van der Waals surface area contributed by atoms with E-state index in [1.54, 1.807) is 24.4 Å². The van der Waals surface area contributed by atoms with Crippen LogP contribution < -0.4 is 4.74 Å². The van der Waals surface area contributed by atoms with Crippen molar-refractivity contribution in [1.82, 2.24) is 9.78 Å². The van der Waals surface area contributed by atoms with Crippen molar-refractivity contribution < 1.29 is 4.74 Å². The average Bonchev–Trinajstić information content (AvgIpc) is 2.80. The molecule has 0 amide bonds. The molecule has 0 fully saturated rings. The van der Waals surface area contributed by atoms with Gasteiger partial charge in [-0.3, -0.25) is 4.68 Å². The number of hydrogen-bond acceptors (Lipinski definition) is 3. The molecule has 4 nitrogen and oxygen atoms in total. The molecule has 0 atom stereocenters. The van der Waals surface area contributed by atoms with E-state index in [-0.39, 0.29) is 0 Å². The zero-order valence-electron chi connectivity index (χ0n) is 9.93. The van der Waals surface area contributed by atoms with E-state index in [0.29, 0.717) is 22.1 Å². The molecule has 0 saturated carbocycles. The summed E-state index contributed by atoms with van der Waals surface area (Å²) in [6.45, 7) is 2.93. The van der Waals surface area contributed by atoms with Crippen LogP contribution in [-0.2, 0) is 6.54 Å². The standard InChI is InChI=1S/C13H12ClN3O/c1-2-5-17-9-11(8-16-17)18-13-4-3-10(7-15)6-12(13)14/h3-4,6,8-9H,2,5H2,1H3. The third-order valence-corrected chi connectivity index (χ3v) is 2.65. The van der Waals surface area contributed by atoms with Crippen LogP contribution >= 0.6 is 11.6 Å². The van der Waals surface area contributed by atoms with Crippen LogP contribution in [0.3, 0.4) is 0 Å². The molecule has 0 aliphatic rings. The summed E-state index contributed by atoms with van der Waals surface area (Å²) in [5, 5.41) is 13.3. The summed E-state index contributed by atoms with van der Waals surface area (Å²) in [5.41, 5.74) is 0.508. The van der Waals surface area contributed by atoms with Crippen LogP contribution in [0.5, 0.6) is 11.5 Å². The molecule has 0 N–H and O–H groups in total. The molecule has 2 aromatic rings. The lowest BCUT2D eigenvalue weighted by atomic mass is 10.2. The van der Waals surface area contributed by atoms with E-state index in [0.717, 1.165) is 13.0 Å². The molecule has 1 aromatic carbocycles. The fourth-order valence-corrected chi connectivity index (χ4v) is 1.75. The van der Waals surface area contributed by atoms with Crippen LogP contribution in [-0.4, -0.2) is 9.78 Å². The van der Waals surface area contributed by atoms with Gasteiger partial charge in [-0.15, -0.1) is 0 Å². The predicted molar refractivity (Wildman–Crippen MR) is 68.8 cm³/mol.